The van der Waals surface area contributed by atoms with Crippen LogP contribution in [0.15, 0.2) is 36.5 Å². The number of halogens is 2. The van der Waals surface area contributed by atoms with Crippen LogP contribution >= 0.6 is 23.2 Å². The average molecular weight is 594 g/mol. The minimum Gasteiger partial charge on any atom is -0.487 e. The molecule has 1 aliphatic carbocycles. The SMILES string of the molecule is COC(=O)C(Cc1ccc(OCc2c(Cl)cccc2Cl)cn1)NC(=O)C1CC[C@@](C)(C(=O)OC(C)(C)C)C1(C)C. The highest BCUT2D eigenvalue weighted by atomic mass is 35.5. The third-order valence-corrected chi connectivity index (χ3v) is 8.56. The largest absolute Gasteiger partial charge is 0.487 e. The lowest BCUT2D eigenvalue weighted by Gasteiger charge is -2.40. The van der Waals surface area contributed by atoms with E-state index in [0.29, 0.717) is 39.9 Å². The van der Waals surface area contributed by atoms with Gasteiger partial charge in [-0.1, -0.05) is 43.1 Å². The number of aromatic nitrogens is 1. The van der Waals surface area contributed by atoms with Gasteiger partial charge in [-0.25, -0.2) is 4.79 Å². The minimum atomic E-state index is -0.956. The van der Waals surface area contributed by atoms with E-state index >= 15 is 0 Å². The van der Waals surface area contributed by atoms with E-state index < -0.39 is 34.4 Å². The maximum Gasteiger partial charge on any atom is 0.328 e. The Morgan fingerprint density at radius 1 is 1.10 bits per heavy atom. The van der Waals surface area contributed by atoms with Gasteiger partial charge in [-0.2, -0.15) is 0 Å². The van der Waals surface area contributed by atoms with Crippen LogP contribution < -0.4 is 10.1 Å². The number of hydrogen-bond acceptors (Lipinski definition) is 7. The first-order valence-corrected chi connectivity index (χ1v) is 14.0. The molecule has 2 unspecified atom stereocenters. The minimum absolute atomic E-state index is 0.117. The smallest absolute Gasteiger partial charge is 0.328 e. The maximum atomic E-state index is 13.5. The predicted octanol–water partition coefficient (Wildman–Crippen LogP) is 5.95. The molecule has 1 N–H and O–H groups in total. The van der Waals surface area contributed by atoms with Crippen LogP contribution in [0.2, 0.25) is 10.0 Å². The number of esters is 2. The van der Waals surface area contributed by atoms with Crippen molar-refractivity contribution in [1.29, 1.82) is 0 Å². The fraction of sp³-hybridized carbons (Fsp3) is 0.533. The molecule has 1 saturated carbocycles. The molecule has 1 heterocycles. The van der Waals surface area contributed by atoms with E-state index in [2.05, 4.69) is 10.3 Å². The summed E-state index contributed by atoms with van der Waals surface area (Å²) in [6, 6.07) is 7.70. The van der Waals surface area contributed by atoms with Crippen LogP contribution in [0.1, 0.15) is 65.6 Å². The van der Waals surface area contributed by atoms with Crippen LogP contribution in [0, 0.1) is 16.7 Å². The number of benzene rings is 1. The number of nitrogens with one attached hydrogen (secondary N) is 1. The highest BCUT2D eigenvalue weighted by Crippen LogP contribution is 2.57. The van der Waals surface area contributed by atoms with Gasteiger partial charge < -0.3 is 19.5 Å². The van der Waals surface area contributed by atoms with E-state index in [1.54, 1.807) is 30.3 Å². The van der Waals surface area contributed by atoms with Gasteiger partial charge in [0.05, 0.1) is 18.7 Å². The first-order chi connectivity index (χ1) is 18.6. The normalized spacial score (nSPS) is 20.9. The van der Waals surface area contributed by atoms with Gasteiger partial charge in [0.1, 0.15) is 24.0 Å². The number of rotatable bonds is 9. The van der Waals surface area contributed by atoms with Crippen LogP contribution in [-0.2, 0) is 36.9 Å². The molecule has 3 atom stereocenters. The standard InChI is InChI=1S/C30H38Cl2N2O6/c1-28(2,3)40-27(37)30(6)14-13-21(29(30,4)5)25(35)34-24(26(36)38-7)15-18-11-12-19(16-33-18)39-17-20-22(31)9-8-10-23(20)32/h8-12,16,21,24H,13-15,17H2,1-7H3,(H,34,35)/t21?,24?,30-/m0/s1. The molecule has 1 aliphatic rings. The van der Waals surface area contributed by atoms with Crippen molar-refractivity contribution in [2.75, 3.05) is 7.11 Å². The van der Waals surface area contributed by atoms with Crippen molar-refractivity contribution in [3.63, 3.8) is 0 Å². The van der Waals surface area contributed by atoms with E-state index in [9.17, 15) is 14.4 Å². The quantitative estimate of drug-likeness (QED) is 0.359. The van der Waals surface area contributed by atoms with Crippen LogP contribution in [0.25, 0.3) is 0 Å². The Hall–Kier alpha value is -2.84. The van der Waals surface area contributed by atoms with Gasteiger partial charge in [-0.15, -0.1) is 0 Å². The van der Waals surface area contributed by atoms with Crippen molar-refractivity contribution in [3.8, 4) is 5.75 Å². The molecule has 0 spiro atoms. The molecule has 1 fully saturated rings. The summed E-state index contributed by atoms with van der Waals surface area (Å²) in [5.41, 5.74) is -0.970. The van der Waals surface area contributed by atoms with Gasteiger partial charge in [0.2, 0.25) is 5.91 Å². The second-order valence-corrected chi connectivity index (χ2v) is 12.7. The monoisotopic (exact) mass is 592 g/mol. The van der Waals surface area contributed by atoms with E-state index in [1.165, 1.54) is 13.3 Å². The number of hydrogen-bond donors (Lipinski definition) is 1. The molecular formula is C30H38Cl2N2O6. The zero-order chi connectivity index (χ0) is 29.9. The predicted molar refractivity (Wildman–Crippen MR) is 153 cm³/mol. The summed E-state index contributed by atoms with van der Waals surface area (Å²) in [7, 11) is 1.27. The number of methoxy groups -OCH3 is 1. The van der Waals surface area contributed by atoms with Crippen LogP contribution in [0.4, 0.5) is 0 Å². The lowest BCUT2D eigenvalue weighted by atomic mass is 9.65. The molecule has 2 aromatic rings. The number of pyridine rings is 1. The number of carbonyl (C=O) groups excluding carboxylic acids is 3. The Morgan fingerprint density at radius 2 is 1.75 bits per heavy atom. The van der Waals surface area contributed by atoms with Crippen molar-refractivity contribution < 1.29 is 28.6 Å². The maximum absolute atomic E-state index is 13.5. The second kappa shape index (κ2) is 12.4. The van der Waals surface area contributed by atoms with Crippen LogP contribution in [-0.4, -0.2) is 41.6 Å². The van der Waals surface area contributed by atoms with Gasteiger partial charge in [0, 0.05) is 33.6 Å². The van der Waals surface area contributed by atoms with Crippen molar-refractivity contribution in [2.45, 2.75) is 79.1 Å². The third kappa shape index (κ3) is 7.07. The van der Waals surface area contributed by atoms with Gasteiger partial charge in [-0.3, -0.25) is 14.6 Å². The molecule has 8 nitrogen and oxygen atoms in total. The molecule has 0 radical (unpaired) electrons. The van der Waals surface area contributed by atoms with Crippen LogP contribution in [0.3, 0.4) is 0 Å². The Labute approximate surface area is 246 Å². The molecule has 0 saturated heterocycles. The second-order valence-electron chi connectivity index (χ2n) is 11.9. The van der Waals surface area contributed by atoms with E-state index in [-0.39, 0.29) is 24.9 Å². The summed E-state index contributed by atoms with van der Waals surface area (Å²) in [4.78, 5) is 43.6. The number of amides is 1. The van der Waals surface area contributed by atoms with E-state index in [0.717, 1.165) is 0 Å². The van der Waals surface area contributed by atoms with Gasteiger partial charge in [0.25, 0.3) is 0 Å². The fourth-order valence-electron chi connectivity index (χ4n) is 4.98. The molecule has 40 heavy (non-hydrogen) atoms. The Bertz CT molecular complexity index is 1220. The molecule has 3 rings (SSSR count). The highest BCUT2D eigenvalue weighted by molar-refractivity contribution is 6.35. The van der Waals surface area contributed by atoms with E-state index in [1.807, 2.05) is 41.5 Å². The molecule has 1 aromatic carbocycles. The third-order valence-electron chi connectivity index (χ3n) is 7.85. The number of ether oxygens (including phenoxy) is 3. The zero-order valence-corrected chi connectivity index (χ0v) is 25.6. The first-order valence-electron chi connectivity index (χ1n) is 13.2. The highest BCUT2D eigenvalue weighted by Gasteiger charge is 2.59. The van der Waals surface area contributed by atoms with Crippen molar-refractivity contribution in [1.82, 2.24) is 10.3 Å². The van der Waals surface area contributed by atoms with Crippen molar-refractivity contribution in [3.05, 3.63) is 57.8 Å². The topological polar surface area (TPSA) is 104 Å². The summed E-state index contributed by atoms with van der Waals surface area (Å²) in [6.45, 7) is 11.3. The van der Waals surface area contributed by atoms with Crippen molar-refractivity contribution in [2.24, 2.45) is 16.7 Å². The Morgan fingerprint density at radius 3 is 2.30 bits per heavy atom. The Kier molecular flexibility index (Phi) is 9.78. The molecule has 1 aromatic heterocycles. The lowest BCUT2D eigenvalue weighted by molar-refractivity contribution is -0.173. The van der Waals surface area contributed by atoms with Gasteiger partial charge in [0.15, 0.2) is 0 Å². The molecule has 0 bridgehead atoms. The van der Waals surface area contributed by atoms with Gasteiger partial charge in [-0.05, 0) is 70.2 Å². The Balaban J connectivity index is 1.68. The molecule has 0 aliphatic heterocycles. The summed E-state index contributed by atoms with van der Waals surface area (Å²) in [6.07, 6.45) is 2.63. The summed E-state index contributed by atoms with van der Waals surface area (Å²) in [5.74, 6) is -1.24. The summed E-state index contributed by atoms with van der Waals surface area (Å²) in [5, 5.41) is 3.86. The zero-order valence-electron chi connectivity index (χ0n) is 24.1. The lowest BCUT2D eigenvalue weighted by Crippen LogP contribution is -2.51. The summed E-state index contributed by atoms with van der Waals surface area (Å²) < 4.78 is 16.4. The van der Waals surface area contributed by atoms with Gasteiger partial charge >= 0.3 is 11.9 Å². The number of nitrogens with zero attached hydrogens (tertiary/aromatic N) is 1. The average Bonchev–Trinajstić information content (AvgIpc) is 3.12. The van der Waals surface area contributed by atoms with Crippen molar-refractivity contribution >= 4 is 41.0 Å². The summed E-state index contributed by atoms with van der Waals surface area (Å²) >= 11 is 12.4. The van der Waals surface area contributed by atoms with Crippen LogP contribution in [0.5, 0.6) is 5.75 Å². The molecule has 1 amide bonds. The van der Waals surface area contributed by atoms with E-state index in [4.69, 9.17) is 37.4 Å². The molecule has 218 valence electrons. The first kappa shape index (κ1) is 31.7. The molecular weight excluding hydrogens is 555 g/mol. The fourth-order valence-corrected chi connectivity index (χ4v) is 5.48. The number of carbonyl (C=O) groups is 3. The molecule has 10 heteroatoms.